The molecular formula is C22H23N5O3. The molecule has 1 aromatic carbocycles. The average molecular weight is 405 g/mol. The lowest BCUT2D eigenvalue weighted by Crippen LogP contribution is -2.45. The summed E-state index contributed by atoms with van der Waals surface area (Å²) in [6.45, 7) is 5.62. The second-order valence-corrected chi connectivity index (χ2v) is 8.35. The van der Waals surface area contributed by atoms with Crippen molar-refractivity contribution in [3.8, 4) is 11.3 Å². The van der Waals surface area contributed by atoms with Crippen molar-refractivity contribution in [2.24, 2.45) is 0 Å². The molecule has 2 aliphatic heterocycles. The third kappa shape index (κ3) is 2.94. The zero-order valence-corrected chi connectivity index (χ0v) is 17.1. The number of carbonyl (C=O) groups is 1. The van der Waals surface area contributed by atoms with Crippen molar-refractivity contribution in [2.45, 2.75) is 45.1 Å². The molecule has 154 valence electrons. The third-order valence-corrected chi connectivity index (χ3v) is 6.41. The van der Waals surface area contributed by atoms with Gasteiger partial charge in [-0.25, -0.2) is 0 Å². The molecule has 8 heteroatoms. The molecule has 0 saturated carbocycles. The van der Waals surface area contributed by atoms with Gasteiger partial charge in [-0.15, -0.1) is 10.2 Å². The summed E-state index contributed by atoms with van der Waals surface area (Å²) in [6.07, 6.45) is 2.35. The van der Waals surface area contributed by atoms with Crippen LogP contribution in [0, 0.1) is 13.8 Å². The number of fused-ring (bicyclic) bond motifs is 2. The summed E-state index contributed by atoms with van der Waals surface area (Å²) in [5.74, 6) is 0.890. The van der Waals surface area contributed by atoms with Gasteiger partial charge in [0.05, 0.1) is 5.69 Å². The Bertz CT molecular complexity index is 1170. The summed E-state index contributed by atoms with van der Waals surface area (Å²) in [7, 11) is 0. The lowest BCUT2D eigenvalue weighted by Gasteiger charge is -2.38. The van der Waals surface area contributed by atoms with Gasteiger partial charge >= 0.3 is 0 Å². The van der Waals surface area contributed by atoms with Crippen molar-refractivity contribution in [1.82, 2.24) is 24.8 Å². The van der Waals surface area contributed by atoms with Crippen molar-refractivity contribution in [3.63, 3.8) is 0 Å². The molecule has 0 radical (unpaired) electrons. The molecule has 0 atom stereocenters. The summed E-state index contributed by atoms with van der Waals surface area (Å²) in [6, 6.07) is 9.42. The normalized spacial score (nSPS) is 17.3. The smallest absolute Gasteiger partial charge is 0.292 e. The molecule has 3 aromatic rings. The third-order valence-electron chi connectivity index (χ3n) is 6.41. The van der Waals surface area contributed by atoms with Crippen LogP contribution in [0.15, 0.2) is 39.6 Å². The van der Waals surface area contributed by atoms with E-state index in [1.807, 2.05) is 31.2 Å². The van der Waals surface area contributed by atoms with Crippen LogP contribution in [0.5, 0.6) is 0 Å². The van der Waals surface area contributed by atoms with E-state index in [1.165, 1.54) is 0 Å². The van der Waals surface area contributed by atoms with Gasteiger partial charge in [-0.1, -0.05) is 35.0 Å². The highest BCUT2D eigenvalue weighted by Gasteiger charge is 2.45. The van der Waals surface area contributed by atoms with Crippen LogP contribution in [0.4, 0.5) is 0 Å². The highest BCUT2D eigenvalue weighted by molar-refractivity contribution is 5.91. The number of hydrogen-bond acceptors (Lipinski definition) is 6. The Labute approximate surface area is 173 Å². The molecule has 1 fully saturated rings. The van der Waals surface area contributed by atoms with Crippen LogP contribution in [0.3, 0.4) is 0 Å². The van der Waals surface area contributed by atoms with E-state index in [0.717, 1.165) is 36.2 Å². The summed E-state index contributed by atoms with van der Waals surface area (Å²) < 4.78 is 6.90. The summed E-state index contributed by atoms with van der Waals surface area (Å²) >= 11 is 0. The lowest BCUT2D eigenvalue weighted by atomic mass is 9.76. The minimum atomic E-state index is -0.202. The number of aromatic nitrogens is 4. The van der Waals surface area contributed by atoms with E-state index >= 15 is 0 Å². The Morgan fingerprint density at radius 2 is 1.73 bits per heavy atom. The van der Waals surface area contributed by atoms with Gasteiger partial charge < -0.3 is 9.42 Å². The number of rotatable bonds is 2. The molecule has 8 nitrogen and oxygen atoms in total. The molecule has 2 aliphatic rings. The number of hydrogen-bond donors (Lipinski definition) is 0. The molecule has 0 bridgehead atoms. The fourth-order valence-electron chi connectivity index (χ4n) is 4.58. The molecule has 5 rings (SSSR count). The minimum absolute atomic E-state index is 0.0867. The van der Waals surface area contributed by atoms with Crippen LogP contribution in [0.1, 0.15) is 46.9 Å². The first-order chi connectivity index (χ1) is 14.5. The summed E-state index contributed by atoms with van der Waals surface area (Å²) in [4.78, 5) is 27.6. The van der Waals surface area contributed by atoms with Gasteiger partial charge in [-0.3, -0.25) is 14.2 Å². The van der Waals surface area contributed by atoms with Crippen LogP contribution in [0.25, 0.3) is 11.3 Å². The lowest BCUT2D eigenvalue weighted by molar-refractivity contribution is 0.0621. The highest BCUT2D eigenvalue weighted by Crippen LogP contribution is 2.41. The number of benzene rings is 1. The Morgan fingerprint density at radius 3 is 2.40 bits per heavy atom. The first-order valence-electron chi connectivity index (χ1n) is 10.2. The first kappa shape index (κ1) is 18.7. The van der Waals surface area contributed by atoms with Crippen LogP contribution < -0.4 is 5.56 Å². The van der Waals surface area contributed by atoms with E-state index < -0.39 is 0 Å². The van der Waals surface area contributed by atoms with Crippen LogP contribution in [0.2, 0.25) is 0 Å². The van der Waals surface area contributed by atoms with Crippen LogP contribution in [-0.2, 0) is 12.0 Å². The average Bonchev–Trinajstić information content (AvgIpc) is 3.34. The fraction of sp³-hybridized carbons (Fsp3) is 0.409. The molecule has 2 aromatic heterocycles. The van der Waals surface area contributed by atoms with E-state index in [-0.39, 0.29) is 22.6 Å². The Morgan fingerprint density at radius 1 is 1.03 bits per heavy atom. The molecule has 0 aliphatic carbocycles. The zero-order valence-electron chi connectivity index (χ0n) is 17.1. The predicted octanol–water partition coefficient (Wildman–Crippen LogP) is 2.49. The van der Waals surface area contributed by atoms with Gasteiger partial charge in [0.15, 0.2) is 5.69 Å². The van der Waals surface area contributed by atoms with Crippen LogP contribution >= 0.6 is 0 Å². The second kappa shape index (κ2) is 6.90. The molecule has 4 heterocycles. The Kier molecular flexibility index (Phi) is 4.30. The maximum absolute atomic E-state index is 13.1. The van der Waals surface area contributed by atoms with Gasteiger partial charge in [0.2, 0.25) is 5.76 Å². The summed E-state index contributed by atoms with van der Waals surface area (Å²) in [5, 5.41) is 12.6. The maximum atomic E-state index is 13.1. The number of nitrogens with zero attached hydrogens (tertiary/aromatic N) is 5. The van der Waals surface area contributed by atoms with Crippen molar-refractivity contribution in [3.05, 3.63) is 63.5 Å². The van der Waals surface area contributed by atoms with Gasteiger partial charge in [-0.05, 0) is 33.1 Å². The molecule has 0 N–H and O–H groups in total. The zero-order chi connectivity index (χ0) is 20.9. The fourth-order valence-corrected chi connectivity index (χ4v) is 4.58. The topological polar surface area (TPSA) is 94.1 Å². The molecule has 1 saturated heterocycles. The number of aryl methyl sites for hydroxylation is 2. The van der Waals surface area contributed by atoms with Crippen molar-refractivity contribution in [1.29, 1.82) is 0 Å². The van der Waals surface area contributed by atoms with Gasteiger partial charge in [0.25, 0.3) is 11.5 Å². The molecule has 0 unspecified atom stereocenters. The van der Waals surface area contributed by atoms with E-state index in [9.17, 15) is 9.59 Å². The van der Waals surface area contributed by atoms with Gasteiger partial charge in [-0.2, -0.15) is 0 Å². The molecular weight excluding hydrogens is 382 g/mol. The number of likely N-dealkylation sites (tertiary alicyclic amines) is 1. The van der Waals surface area contributed by atoms with Crippen molar-refractivity contribution in [2.75, 3.05) is 13.1 Å². The maximum Gasteiger partial charge on any atom is 0.292 e. The number of carbonyl (C=O) groups excluding carboxylic acids is 1. The number of amides is 1. The van der Waals surface area contributed by atoms with E-state index in [2.05, 4.69) is 15.4 Å². The predicted molar refractivity (Wildman–Crippen MR) is 109 cm³/mol. The van der Waals surface area contributed by atoms with E-state index in [0.29, 0.717) is 31.0 Å². The first-order valence-corrected chi connectivity index (χ1v) is 10.2. The van der Waals surface area contributed by atoms with Gasteiger partial charge in [0.1, 0.15) is 5.82 Å². The standard InChI is InChI=1S/C22H23N5O3/c1-14-3-5-16(6-4-14)18-20(29)27-12-9-22(21(27)24-23-18)7-10-26(11-8-22)19(28)17-13-15(2)25-30-17/h3-6,13H,7-12H2,1-2H3. The second-order valence-electron chi connectivity index (χ2n) is 8.35. The largest absolute Gasteiger partial charge is 0.351 e. The summed E-state index contributed by atoms with van der Waals surface area (Å²) in [5.41, 5.74) is 2.72. The minimum Gasteiger partial charge on any atom is -0.351 e. The molecule has 30 heavy (non-hydrogen) atoms. The molecule has 1 spiro atoms. The Balaban J connectivity index is 1.39. The number of piperidine rings is 1. The van der Waals surface area contributed by atoms with E-state index in [4.69, 9.17) is 4.52 Å². The van der Waals surface area contributed by atoms with Crippen molar-refractivity contribution >= 4 is 5.91 Å². The Hall–Kier alpha value is -3.29. The molecule has 1 amide bonds. The van der Waals surface area contributed by atoms with Gasteiger partial charge in [0, 0.05) is 36.7 Å². The van der Waals surface area contributed by atoms with E-state index in [1.54, 1.807) is 22.5 Å². The van der Waals surface area contributed by atoms with Crippen LogP contribution in [-0.4, -0.2) is 43.8 Å². The monoisotopic (exact) mass is 405 g/mol. The van der Waals surface area contributed by atoms with Crippen molar-refractivity contribution < 1.29 is 9.32 Å². The highest BCUT2D eigenvalue weighted by atomic mass is 16.5. The SMILES string of the molecule is Cc1ccc(-c2nnc3n(c2=O)CCC32CCN(C(=O)c3cc(C)no3)CC2)cc1. The quantitative estimate of drug-likeness (QED) is 0.650.